The first-order valence-corrected chi connectivity index (χ1v) is 7.85. The van der Waals surface area contributed by atoms with Crippen LogP contribution in [0.25, 0.3) is 5.65 Å². The third-order valence-corrected chi connectivity index (χ3v) is 3.72. The zero-order chi connectivity index (χ0) is 19.1. The number of alkyl halides is 3. The first-order valence-electron chi connectivity index (χ1n) is 7.85. The maximum atomic E-state index is 13.4. The van der Waals surface area contributed by atoms with Gasteiger partial charge in [-0.05, 0) is 18.2 Å². The number of nitrogens with one attached hydrogen (secondary N) is 1. The number of nitrogens with zero attached hydrogens (tertiary/aromatic N) is 3. The van der Waals surface area contributed by atoms with Gasteiger partial charge in [0.05, 0.1) is 18.5 Å². The maximum Gasteiger partial charge on any atom is 0.433 e. The van der Waals surface area contributed by atoms with E-state index < -0.39 is 23.2 Å². The van der Waals surface area contributed by atoms with Crippen molar-refractivity contribution in [3.8, 4) is 0 Å². The Balaban J connectivity index is 2.00. The fourth-order valence-electron chi connectivity index (χ4n) is 2.34. The molecule has 0 saturated carbocycles. The molecule has 1 amide bonds. The third kappa shape index (κ3) is 3.56. The van der Waals surface area contributed by atoms with Crippen molar-refractivity contribution in [2.75, 3.05) is 0 Å². The summed E-state index contributed by atoms with van der Waals surface area (Å²) >= 11 is 0. The number of fused-ring (bicyclic) bond motifs is 1. The second kappa shape index (κ2) is 6.15. The minimum absolute atomic E-state index is 0.0344. The van der Waals surface area contributed by atoms with Crippen LogP contribution in [0.1, 0.15) is 48.4 Å². The molecule has 0 atom stereocenters. The molecule has 0 spiro atoms. The molecule has 0 bridgehead atoms. The molecule has 1 N–H and O–H groups in total. The Kier molecular flexibility index (Phi) is 4.25. The fourth-order valence-corrected chi connectivity index (χ4v) is 2.34. The van der Waals surface area contributed by atoms with Gasteiger partial charge in [0.1, 0.15) is 11.5 Å². The second-order valence-corrected chi connectivity index (χ2v) is 6.84. The Hall–Kier alpha value is -2.84. The monoisotopic (exact) mass is 366 g/mol. The van der Waals surface area contributed by atoms with Crippen molar-refractivity contribution >= 4 is 11.6 Å². The van der Waals surface area contributed by atoms with Gasteiger partial charge in [-0.1, -0.05) is 20.8 Å². The Morgan fingerprint density at radius 2 is 2.00 bits per heavy atom. The third-order valence-electron chi connectivity index (χ3n) is 3.72. The van der Waals surface area contributed by atoms with E-state index in [0.717, 1.165) is 6.07 Å². The largest absolute Gasteiger partial charge is 0.467 e. The van der Waals surface area contributed by atoms with Gasteiger partial charge in [-0.2, -0.15) is 18.3 Å². The van der Waals surface area contributed by atoms with Crippen molar-refractivity contribution < 1.29 is 22.4 Å². The quantitative estimate of drug-likeness (QED) is 0.769. The maximum absolute atomic E-state index is 13.4. The molecule has 0 aliphatic heterocycles. The van der Waals surface area contributed by atoms with Gasteiger partial charge in [0, 0.05) is 11.5 Å². The number of halogens is 3. The lowest BCUT2D eigenvalue weighted by Gasteiger charge is -2.19. The molecule has 3 aromatic rings. The first-order chi connectivity index (χ1) is 12.1. The van der Waals surface area contributed by atoms with Crippen molar-refractivity contribution in [1.29, 1.82) is 0 Å². The summed E-state index contributed by atoms with van der Waals surface area (Å²) in [5, 5.41) is 6.34. The predicted octanol–water partition coefficient (Wildman–Crippen LogP) is 3.57. The van der Waals surface area contributed by atoms with Crippen LogP contribution in [0.5, 0.6) is 0 Å². The van der Waals surface area contributed by atoms with E-state index >= 15 is 0 Å². The SMILES string of the molecule is CC(C)(C)c1cc(C(F)(F)F)n2nc(C(=O)NCc3ccco3)cc2n1. The molecule has 9 heteroatoms. The smallest absolute Gasteiger partial charge is 0.433 e. The van der Waals surface area contributed by atoms with E-state index in [1.54, 1.807) is 32.9 Å². The van der Waals surface area contributed by atoms with Crippen LogP contribution >= 0.6 is 0 Å². The summed E-state index contributed by atoms with van der Waals surface area (Å²) in [4.78, 5) is 16.5. The summed E-state index contributed by atoms with van der Waals surface area (Å²) in [5.74, 6) is -0.0939. The van der Waals surface area contributed by atoms with Crippen LogP contribution in [-0.2, 0) is 18.1 Å². The molecule has 26 heavy (non-hydrogen) atoms. The summed E-state index contributed by atoms with van der Waals surface area (Å²) in [5.41, 5.74) is -1.49. The van der Waals surface area contributed by atoms with Crippen LogP contribution in [0.2, 0.25) is 0 Å². The highest BCUT2D eigenvalue weighted by Gasteiger charge is 2.36. The van der Waals surface area contributed by atoms with Gasteiger partial charge >= 0.3 is 6.18 Å². The van der Waals surface area contributed by atoms with E-state index in [2.05, 4.69) is 15.4 Å². The van der Waals surface area contributed by atoms with E-state index in [-0.39, 0.29) is 23.6 Å². The summed E-state index contributed by atoms with van der Waals surface area (Å²) in [7, 11) is 0. The molecule has 0 saturated heterocycles. The molecular formula is C17H17F3N4O2. The van der Waals surface area contributed by atoms with Crippen LogP contribution in [0.15, 0.2) is 34.9 Å². The van der Waals surface area contributed by atoms with Gasteiger partial charge in [-0.3, -0.25) is 4.79 Å². The average Bonchev–Trinajstić information content (AvgIpc) is 3.18. The Morgan fingerprint density at radius 3 is 2.58 bits per heavy atom. The molecule has 0 fully saturated rings. The number of hydrogen-bond acceptors (Lipinski definition) is 4. The Morgan fingerprint density at radius 1 is 1.27 bits per heavy atom. The van der Waals surface area contributed by atoms with E-state index in [0.29, 0.717) is 10.3 Å². The summed E-state index contributed by atoms with van der Waals surface area (Å²) < 4.78 is 46.0. The standard InChI is InChI=1S/C17H17F3N4O2/c1-16(2,3)12-8-13(17(18,19)20)24-14(22-12)7-11(23-24)15(25)21-9-10-5-4-6-26-10/h4-8H,9H2,1-3H3,(H,21,25). The molecular weight excluding hydrogens is 349 g/mol. The number of hydrogen-bond donors (Lipinski definition) is 1. The van der Waals surface area contributed by atoms with Crippen LogP contribution in [0.3, 0.4) is 0 Å². The van der Waals surface area contributed by atoms with Gasteiger partial charge in [0.2, 0.25) is 0 Å². The minimum atomic E-state index is -4.63. The van der Waals surface area contributed by atoms with Gasteiger partial charge in [-0.15, -0.1) is 0 Å². The highest BCUT2D eigenvalue weighted by Crippen LogP contribution is 2.32. The van der Waals surface area contributed by atoms with Gasteiger partial charge in [-0.25, -0.2) is 9.50 Å². The van der Waals surface area contributed by atoms with Gasteiger partial charge < -0.3 is 9.73 Å². The van der Waals surface area contributed by atoms with E-state index in [1.165, 1.54) is 12.3 Å². The highest BCUT2D eigenvalue weighted by atomic mass is 19.4. The normalized spacial score (nSPS) is 12.5. The van der Waals surface area contributed by atoms with Crippen LogP contribution in [0, 0.1) is 0 Å². The molecule has 0 radical (unpaired) electrons. The van der Waals surface area contributed by atoms with Gasteiger partial charge in [0.25, 0.3) is 5.91 Å². The van der Waals surface area contributed by atoms with Crippen molar-refractivity contribution in [3.63, 3.8) is 0 Å². The number of amides is 1. The van der Waals surface area contributed by atoms with Crippen LogP contribution in [0.4, 0.5) is 13.2 Å². The second-order valence-electron chi connectivity index (χ2n) is 6.84. The molecule has 3 aromatic heterocycles. The minimum Gasteiger partial charge on any atom is -0.467 e. The molecule has 6 nitrogen and oxygen atoms in total. The Labute approximate surface area is 147 Å². The topological polar surface area (TPSA) is 72.4 Å². The first kappa shape index (κ1) is 18.0. The highest BCUT2D eigenvalue weighted by molar-refractivity contribution is 5.93. The summed E-state index contributed by atoms with van der Waals surface area (Å²) in [6.07, 6.45) is -3.17. The lowest BCUT2D eigenvalue weighted by molar-refractivity contribution is -0.142. The number of carbonyl (C=O) groups is 1. The average molecular weight is 366 g/mol. The molecule has 3 rings (SSSR count). The van der Waals surface area contributed by atoms with Crippen LogP contribution < -0.4 is 5.32 Å². The van der Waals surface area contributed by atoms with E-state index in [9.17, 15) is 18.0 Å². The van der Waals surface area contributed by atoms with Gasteiger partial charge in [0.15, 0.2) is 11.3 Å². The number of furan rings is 1. The number of aromatic nitrogens is 3. The molecule has 0 aliphatic rings. The zero-order valence-corrected chi connectivity index (χ0v) is 14.4. The molecule has 138 valence electrons. The van der Waals surface area contributed by atoms with Crippen LogP contribution in [-0.4, -0.2) is 20.5 Å². The predicted molar refractivity (Wildman–Crippen MR) is 86.6 cm³/mol. The molecule has 0 aromatic carbocycles. The summed E-state index contributed by atoms with van der Waals surface area (Å²) in [6.45, 7) is 5.39. The lowest BCUT2D eigenvalue weighted by Crippen LogP contribution is -2.23. The van der Waals surface area contributed by atoms with Crippen molar-refractivity contribution in [1.82, 2.24) is 19.9 Å². The zero-order valence-electron chi connectivity index (χ0n) is 14.4. The van der Waals surface area contributed by atoms with Crippen molar-refractivity contribution in [2.24, 2.45) is 0 Å². The molecule has 0 aliphatic carbocycles. The number of rotatable bonds is 3. The van der Waals surface area contributed by atoms with E-state index in [4.69, 9.17) is 4.42 Å². The molecule has 0 unspecified atom stereocenters. The molecule has 3 heterocycles. The van der Waals surface area contributed by atoms with Crippen molar-refractivity contribution in [3.05, 3.63) is 53.4 Å². The number of carbonyl (C=O) groups excluding carboxylic acids is 1. The van der Waals surface area contributed by atoms with Crippen molar-refractivity contribution in [2.45, 2.75) is 38.9 Å². The lowest BCUT2D eigenvalue weighted by atomic mass is 9.91. The van der Waals surface area contributed by atoms with E-state index in [1.807, 2.05) is 0 Å². The summed E-state index contributed by atoms with van der Waals surface area (Å²) in [6, 6.07) is 5.54. The fraction of sp³-hybridized carbons (Fsp3) is 0.353. The Bertz CT molecular complexity index is 937.